The molecule has 29 heavy (non-hydrogen) atoms. The van der Waals surface area contributed by atoms with Gasteiger partial charge < -0.3 is 5.11 Å². The molecule has 0 aromatic rings. The zero-order chi connectivity index (χ0) is 24.3. The van der Waals surface area contributed by atoms with Crippen molar-refractivity contribution in [2.75, 3.05) is 0 Å². The second kappa shape index (κ2) is 6.64. The third kappa shape index (κ3) is 3.75. The largest absolute Gasteiger partial charge is 0.477 e. The number of alkyl halides is 17. The molecule has 0 spiro atoms. The number of rotatable bonds is 8. The van der Waals surface area contributed by atoms with Crippen LogP contribution in [-0.4, -0.2) is 58.7 Å². The minimum atomic E-state index is -7.96. The van der Waals surface area contributed by atoms with Crippen LogP contribution in [0.25, 0.3) is 0 Å². The molecule has 0 aliphatic rings. The maximum absolute atomic E-state index is 13.1. The molecule has 0 unspecified atom stereocenters. The summed E-state index contributed by atoms with van der Waals surface area (Å²) in [5.74, 6) is -58.0. The first-order valence-electron chi connectivity index (χ1n) is 6.10. The zero-order valence-corrected chi connectivity index (χ0v) is 12.5. The molecule has 0 aliphatic heterocycles. The molecule has 0 bridgehead atoms. The summed E-state index contributed by atoms with van der Waals surface area (Å²) >= 11 is 0. The standard InChI is InChI=1S/C10H3F17O2/c11-3(12,6(17,18)8(21,22)5(15,16)2(28)29)1-4(13,14)7(19,20)9(23,24)10(25,26)27/h1H2,(H,28,29). The van der Waals surface area contributed by atoms with Gasteiger partial charge in [-0.15, -0.1) is 0 Å². The fraction of sp³-hybridized carbons (Fsp3) is 0.900. The second-order valence-electron chi connectivity index (χ2n) is 5.26. The van der Waals surface area contributed by atoms with Crippen LogP contribution in [0.2, 0.25) is 0 Å². The number of carbonyl (C=O) groups is 1. The van der Waals surface area contributed by atoms with Crippen molar-refractivity contribution in [1.29, 1.82) is 0 Å². The van der Waals surface area contributed by atoms with Crippen LogP contribution in [0.1, 0.15) is 6.42 Å². The first kappa shape index (κ1) is 27.3. The van der Waals surface area contributed by atoms with Gasteiger partial charge in [0.15, 0.2) is 0 Å². The molecule has 19 heteroatoms. The van der Waals surface area contributed by atoms with Gasteiger partial charge in [0.25, 0.3) is 0 Å². The molecule has 0 fully saturated rings. The van der Waals surface area contributed by atoms with E-state index in [1.165, 1.54) is 0 Å². The van der Waals surface area contributed by atoms with Gasteiger partial charge >= 0.3 is 53.6 Å². The minimum absolute atomic E-state index is 4.22. The van der Waals surface area contributed by atoms with Crippen LogP contribution in [0, 0.1) is 0 Å². The molecule has 0 heterocycles. The Morgan fingerprint density at radius 1 is 0.517 bits per heavy atom. The highest BCUT2D eigenvalue weighted by molar-refractivity contribution is 5.77. The molecule has 0 atom stereocenters. The number of hydrogen-bond donors (Lipinski definition) is 1. The van der Waals surface area contributed by atoms with Gasteiger partial charge in [-0.05, 0) is 0 Å². The van der Waals surface area contributed by atoms with E-state index >= 15 is 0 Å². The van der Waals surface area contributed by atoms with Crippen LogP contribution in [-0.2, 0) is 4.79 Å². The lowest BCUT2D eigenvalue weighted by Crippen LogP contribution is -2.67. The average molecular weight is 478 g/mol. The summed E-state index contributed by atoms with van der Waals surface area (Å²) in [7, 11) is 0. The predicted molar refractivity (Wildman–Crippen MR) is 52.9 cm³/mol. The summed E-state index contributed by atoms with van der Waals surface area (Å²) in [6.45, 7) is 0. The van der Waals surface area contributed by atoms with E-state index in [9.17, 15) is 79.4 Å². The molecule has 2 nitrogen and oxygen atoms in total. The molecule has 0 aromatic heterocycles. The quantitative estimate of drug-likeness (QED) is 0.470. The zero-order valence-electron chi connectivity index (χ0n) is 12.5. The topological polar surface area (TPSA) is 37.3 Å². The van der Waals surface area contributed by atoms with Crippen molar-refractivity contribution in [1.82, 2.24) is 0 Å². The van der Waals surface area contributed by atoms with Crippen LogP contribution < -0.4 is 0 Å². The lowest BCUT2D eigenvalue weighted by atomic mass is 9.91. The van der Waals surface area contributed by atoms with Gasteiger partial charge in [-0.25, -0.2) is 4.79 Å². The van der Waals surface area contributed by atoms with Gasteiger partial charge in [-0.3, -0.25) is 0 Å². The molecule has 0 aliphatic carbocycles. The smallest absolute Gasteiger partial charge is 0.460 e. The van der Waals surface area contributed by atoms with Crippen LogP contribution in [0.5, 0.6) is 0 Å². The monoisotopic (exact) mass is 478 g/mol. The molecule has 0 amide bonds. The Morgan fingerprint density at radius 2 is 0.793 bits per heavy atom. The minimum Gasteiger partial charge on any atom is -0.477 e. The van der Waals surface area contributed by atoms with E-state index in [-0.39, 0.29) is 0 Å². The van der Waals surface area contributed by atoms with Crippen molar-refractivity contribution in [3.63, 3.8) is 0 Å². The molecule has 0 saturated carbocycles. The van der Waals surface area contributed by atoms with Gasteiger partial charge in [0.2, 0.25) is 0 Å². The first-order valence-corrected chi connectivity index (χ1v) is 6.10. The lowest BCUT2D eigenvalue weighted by molar-refractivity contribution is -0.412. The van der Waals surface area contributed by atoms with E-state index in [0.29, 0.717) is 0 Å². The maximum atomic E-state index is 13.1. The van der Waals surface area contributed by atoms with E-state index in [1.807, 2.05) is 0 Å². The van der Waals surface area contributed by atoms with Crippen LogP contribution >= 0.6 is 0 Å². The number of carboxylic acids is 1. The van der Waals surface area contributed by atoms with E-state index < -0.39 is 60.0 Å². The van der Waals surface area contributed by atoms with E-state index in [1.54, 1.807) is 0 Å². The Bertz CT molecular complexity index is 631. The fourth-order valence-electron chi connectivity index (χ4n) is 1.47. The summed E-state index contributed by atoms with van der Waals surface area (Å²) in [6.07, 6.45) is -12.5. The fourth-order valence-corrected chi connectivity index (χ4v) is 1.47. The third-order valence-electron chi connectivity index (χ3n) is 3.17. The van der Waals surface area contributed by atoms with Crippen molar-refractivity contribution in [3.8, 4) is 0 Å². The van der Waals surface area contributed by atoms with Gasteiger partial charge in [0, 0.05) is 0 Å². The Balaban J connectivity index is 6.34. The predicted octanol–water partition coefficient (Wildman–Crippen LogP) is 5.47. The normalized spacial score (nSPS) is 16.2. The Labute approximate surface area is 146 Å². The van der Waals surface area contributed by atoms with Crippen LogP contribution in [0.3, 0.4) is 0 Å². The first-order chi connectivity index (χ1) is 12.2. The van der Waals surface area contributed by atoms with Crippen LogP contribution in [0.4, 0.5) is 74.6 Å². The number of hydrogen-bond acceptors (Lipinski definition) is 1. The molecule has 1 N–H and O–H groups in total. The molecule has 0 rings (SSSR count). The summed E-state index contributed by atoms with van der Waals surface area (Å²) in [5.41, 5.74) is 0. The van der Waals surface area contributed by atoms with Crippen LogP contribution in [0.15, 0.2) is 0 Å². The maximum Gasteiger partial charge on any atom is 0.460 e. The van der Waals surface area contributed by atoms with E-state index in [2.05, 4.69) is 0 Å². The molecule has 0 saturated heterocycles. The lowest BCUT2D eigenvalue weighted by Gasteiger charge is -2.39. The summed E-state index contributed by atoms with van der Waals surface area (Å²) in [5, 5.41) is 7.66. The van der Waals surface area contributed by atoms with Crippen molar-refractivity contribution >= 4 is 5.97 Å². The summed E-state index contributed by atoms with van der Waals surface area (Å²) in [4.78, 5) is 9.83. The SMILES string of the molecule is O=C(O)C(F)(F)C(F)(F)C(F)(F)C(F)(F)CC(F)(F)C(F)(F)C(F)(F)C(F)(F)F. The van der Waals surface area contributed by atoms with Gasteiger partial charge in [0.1, 0.15) is 0 Å². The third-order valence-corrected chi connectivity index (χ3v) is 3.17. The summed E-state index contributed by atoms with van der Waals surface area (Å²) in [6, 6.07) is 0. The van der Waals surface area contributed by atoms with Gasteiger partial charge in [-0.2, -0.15) is 74.6 Å². The second-order valence-corrected chi connectivity index (χ2v) is 5.26. The van der Waals surface area contributed by atoms with Gasteiger partial charge in [-0.1, -0.05) is 0 Å². The van der Waals surface area contributed by atoms with Gasteiger partial charge in [0.05, 0.1) is 6.42 Å². The van der Waals surface area contributed by atoms with Crippen molar-refractivity contribution in [2.45, 2.75) is 54.1 Å². The van der Waals surface area contributed by atoms with Crippen molar-refractivity contribution in [2.24, 2.45) is 0 Å². The Hall–Kier alpha value is -1.72. The van der Waals surface area contributed by atoms with Crippen molar-refractivity contribution in [3.05, 3.63) is 0 Å². The number of halogens is 17. The molecule has 0 aromatic carbocycles. The highest BCUT2D eigenvalue weighted by Gasteiger charge is 2.87. The van der Waals surface area contributed by atoms with E-state index in [4.69, 9.17) is 5.11 Å². The molecular weight excluding hydrogens is 475 g/mol. The highest BCUT2D eigenvalue weighted by atomic mass is 19.4. The molecule has 174 valence electrons. The van der Waals surface area contributed by atoms with E-state index in [0.717, 1.165) is 0 Å². The molecular formula is C10H3F17O2. The number of carboxylic acid groups (broad SMARTS) is 1. The summed E-state index contributed by atoms with van der Waals surface area (Å²) < 4.78 is 215. The Kier molecular flexibility index (Phi) is 6.25. The Morgan fingerprint density at radius 3 is 1.03 bits per heavy atom. The van der Waals surface area contributed by atoms with Crippen molar-refractivity contribution < 1.29 is 84.5 Å². The molecule has 0 radical (unpaired) electrons. The highest BCUT2D eigenvalue weighted by Crippen LogP contribution is 2.59. The average Bonchev–Trinajstić information content (AvgIpc) is 2.43. The number of aliphatic carboxylic acids is 1.